The van der Waals surface area contributed by atoms with Crippen LogP contribution in [0.5, 0.6) is 0 Å². The number of esters is 1. The summed E-state index contributed by atoms with van der Waals surface area (Å²) in [6, 6.07) is 0. The molecular formula is C8H12O2. The molecule has 2 heteroatoms. The van der Waals surface area contributed by atoms with Crippen molar-refractivity contribution < 1.29 is 9.53 Å². The van der Waals surface area contributed by atoms with Gasteiger partial charge in [0, 0.05) is 12.8 Å². The molecule has 1 fully saturated rings. The molecule has 0 amide bonds. The Bertz CT molecular complexity index is 163. The Balaban J connectivity index is 2.68. The molecule has 0 aromatic rings. The topological polar surface area (TPSA) is 26.3 Å². The van der Waals surface area contributed by atoms with Crippen LogP contribution in [0.3, 0.4) is 0 Å². The lowest BCUT2D eigenvalue weighted by molar-refractivity contribution is -0.145. The lowest BCUT2D eigenvalue weighted by Gasteiger charge is -2.20. The van der Waals surface area contributed by atoms with Gasteiger partial charge in [-0.3, -0.25) is 4.79 Å². The molecule has 0 saturated carbocycles. The minimum absolute atomic E-state index is 0.0956. The van der Waals surface area contributed by atoms with Gasteiger partial charge in [0.1, 0.15) is 5.60 Å². The summed E-state index contributed by atoms with van der Waals surface area (Å²) in [6.45, 7) is 5.64. The van der Waals surface area contributed by atoms with E-state index in [0.717, 1.165) is 12.8 Å². The predicted octanol–water partition coefficient (Wildman–Crippen LogP) is 1.66. The normalized spacial score (nSPS) is 31.9. The molecule has 1 saturated heterocycles. The third-order valence-corrected chi connectivity index (χ3v) is 2.04. The quantitative estimate of drug-likeness (QED) is 0.430. The first-order valence-electron chi connectivity index (χ1n) is 3.58. The minimum atomic E-state index is -0.336. The Morgan fingerprint density at radius 2 is 2.60 bits per heavy atom. The van der Waals surface area contributed by atoms with Crippen LogP contribution in [0.2, 0.25) is 0 Å². The fourth-order valence-corrected chi connectivity index (χ4v) is 1.18. The molecule has 56 valence electrons. The Morgan fingerprint density at radius 3 is 2.80 bits per heavy atom. The van der Waals surface area contributed by atoms with Gasteiger partial charge in [0.05, 0.1) is 0 Å². The Morgan fingerprint density at radius 1 is 1.90 bits per heavy atom. The zero-order chi connectivity index (χ0) is 7.61. The molecular weight excluding hydrogens is 128 g/mol. The van der Waals surface area contributed by atoms with Gasteiger partial charge in [0.2, 0.25) is 0 Å². The van der Waals surface area contributed by atoms with Gasteiger partial charge in [-0.1, -0.05) is 13.5 Å². The second-order valence-electron chi connectivity index (χ2n) is 2.60. The number of carbonyl (C=O) groups is 1. The molecule has 1 rings (SSSR count). The van der Waals surface area contributed by atoms with E-state index < -0.39 is 0 Å². The fraction of sp³-hybridized carbons (Fsp3) is 0.625. The number of ether oxygens (including phenoxy) is 1. The van der Waals surface area contributed by atoms with Crippen LogP contribution >= 0.6 is 0 Å². The van der Waals surface area contributed by atoms with Gasteiger partial charge >= 0.3 is 5.97 Å². The van der Waals surface area contributed by atoms with Crippen molar-refractivity contribution in [1.29, 1.82) is 0 Å². The summed E-state index contributed by atoms with van der Waals surface area (Å²) in [5.41, 5.74) is -0.336. The van der Waals surface area contributed by atoms with Crippen LogP contribution in [-0.2, 0) is 9.53 Å². The van der Waals surface area contributed by atoms with Crippen LogP contribution in [0.25, 0.3) is 0 Å². The molecule has 1 heterocycles. The van der Waals surface area contributed by atoms with Crippen molar-refractivity contribution in [1.82, 2.24) is 0 Å². The number of hydrogen-bond donors (Lipinski definition) is 0. The molecule has 0 radical (unpaired) electrons. The van der Waals surface area contributed by atoms with Crippen LogP contribution in [0.4, 0.5) is 0 Å². The van der Waals surface area contributed by atoms with E-state index in [1.54, 1.807) is 6.08 Å². The van der Waals surface area contributed by atoms with Gasteiger partial charge < -0.3 is 4.74 Å². The maximum Gasteiger partial charge on any atom is 0.306 e. The summed E-state index contributed by atoms with van der Waals surface area (Å²) in [7, 11) is 0. The molecule has 10 heavy (non-hydrogen) atoms. The third kappa shape index (κ3) is 1.06. The smallest absolute Gasteiger partial charge is 0.306 e. The molecule has 0 aromatic carbocycles. The Hall–Kier alpha value is -0.790. The van der Waals surface area contributed by atoms with E-state index in [4.69, 9.17) is 4.74 Å². The van der Waals surface area contributed by atoms with E-state index in [1.165, 1.54) is 0 Å². The van der Waals surface area contributed by atoms with Crippen molar-refractivity contribution in [3.63, 3.8) is 0 Å². The summed E-state index contributed by atoms with van der Waals surface area (Å²) in [6.07, 6.45) is 3.91. The summed E-state index contributed by atoms with van der Waals surface area (Å²) in [5, 5.41) is 0. The van der Waals surface area contributed by atoms with Gasteiger partial charge in [-0.05, 0) is 12.5 Å². The van der Waals surface area contributed by atoms with Crippen molar-refractivity contribution in [3.8, 4) is 0 Å². The van der Waals surface area contributed by atoms with Crippen LogP contribution in [0.15, 0.2) is 12.7 Å². The first-order chi connectivity index (χ1) is 4.72. The summed E-state index contributed by atoms with van der Waals surface area (Å²) in [4.78, 5) is 10.7. The van der Waals surface area contributed by atoms with Crippen LogP contribution in [-0.4, -0.2) is 11.6 Å². The molecule has 0 N–H and O–H groups in total. The summed E-state index contributed by atoms with van der Waals surface area (Å²) >= 11 is 0. The van der Waals surface area contributed by atoms with Gasteiger partial charge in [0.15, 0.2) is 0 Å². The van der Waals surface area contributed by atoms with Crippen molar-refractivity contribution in [2.24, 2.45) is 0 Å². The lowest BCUT2D eigenvalue weighted by atomic mass is 9.97. The van der Waals surface area contributed by atoms with Crippen molar-refractivity contribution in [2.75, 3.05) is 0 Å². The molecule has 2 nitrogen and oxygen atoms in total. The van der Waals surface area contributed by atoms with E-state index in [2.05, 4.69) is 6.58 Å². The third-order valence-electron chi connectivity index (χ3n) is 2.04. The first kappa shape index (κ1) is 7.32. The van der Waals surface area contributed by atoms with Crippen LogP contribution in [0.1, 0.15) is 26.2 Å². The highest BCUT2D eigenvalue weighted by Crippen LogP contribution is 2.30. The maximum absolute atomic E-state index is 10.7. The standard InChI is InChI=1S/C8H12O2/c1-3-8(4-2)6-5-7(9)10-8/h3H,1,4-6H2,2H3. The highest BCUT2D eigenvalue weighted by Gasteiger charge is 2.35. The van der Waals surface area contributed by atoms with Gasteiger partial charge in [-0.2, -0.15) is 0 Å². The van der Waals surface area contributed by atoms with Gasteiger partial charge in [0.25, 0.3) is 0 Å². The maximum atomic E-state index is 10.7. The molecule has 0 aromatic heterocycles. The van der Waals surface area contributed by atoms with E-state index in [9.17, 15) is 4.79 Å². The van der Waals surface area contributed by atoms with E-state index in [0.29, 0.717) is 6.42 Å². The van der Waals surface area contributed by atoms with Crippen molar-refractivity contribution in [2.45, 2.75) is 31.8 Å². The zero-order valence-electron chi connectivity index (χ0n) is 6.22. The van der Waals surface area contributed by atoms with Crippen LogP contribution < -0.4 is 0 Å². The Labute approximate surface area is 60.9 Å². The lowest BCUT2D eigenvalue weighted by Crippen LogP contribution is -2.23. The minimum Gasteiger partial charge on any atom is -0.455 e. The van der Waals surface area contributed by atoms with E-state index in [-0.39, 0.29) is 11.6 Å². The number of cyclic esters (lactones) is 1. The molecule has 0 bridgehead atoms. The Kier molecular flexibility index (Phi) is 1.79. The van der Waals surface area contributed by atoms with Gasteiger partial charge in [-0.15, -0.1) is 0 Å². The highest BCUT2D eigenvalue weighted by atomic mass is 16.6. The van der Waals surface area contributed by atoms with Crippen LogP contribution in [0, 0.1) is 0 Å². The molecule has 0 spiro atoms. The van der Waals surface area contributed by atoms with Crippen molar-refractivity contribution in [3.05, 3.63) is 12.7 Å². The average molecular weight is 140 g/mol. The summed E-state index contributed by atoms with van der Waals surface area (Å²) < 4.78 is 5.09. The predicted molar refractivity (Wildman–Crippen MR) is 38.5 cm³/mol. The average Bonchev–Trinajstić information content (AvgIpc) is 2.33. The highest BCUT2D eigenvalue weighted by molar-refractivity contribution is 5.72. The SMILES string of the molecule is C=CC1(CC)CCC(=O)O1. The van der Waals surface area contributed by atoms with E-state index >= 15 is 0 Å². The molecule has 0 aliphatic carbocycles. The molecule has 1 atom stereocenters. The van der Waals surface area contributed by atoms with Crippen molar-refractivity contribution >= 4 is 5.97 Å². The fourth-order valence-electron chi connectivity index (χ4n) is 1.18. The monoisotopic (exact) mass is 140 g/mol. The largest absolute Gasteiger partial charge is 0.455 e. The molecule has 1 aliphatic rings. The number of carbonyl (C=O) groups excluding carboxylic acids is 1. The first-order valence-corrected chi connectivity index (χ1v) is 3.58. The number of rotatable bonds is 2. The molecule has 1 aliphatic heterocycles. The molecule has 1 unspecified atom stereocenters. The number of hydrogen-bond acceptors (Lipinski definition) is 2. The van der Waals surface area contributed by atoms with Gasteiger partial charge in [-0.25, -0.2) is 0 Å². The second-order valence-corrected chi connectivity index (χ2v) is 2.60. The van der Waals surface area contributed by atoms with E-state index in [1.807, 2.05) is 6.92 Å². The summed E-state index contributed by atoms with van der Waals surface area (Å²) in [5.74, 6) is -0.0956. The second kappa shape index (κ2) is 2.45. The zero-order valence-corrected chi connectivity index (χ0v) is 6.22.